The first-order chi connectivity index (χ1) is 10.6. The van der Waals surface area contributed by atoms with Crippen LogP contribution in [0.25, 0.3) is 0 Å². The van der Waals surface area contributed by atoms with Crippen LogP contribution in [0.1, 0.15) is 30.2 Å². The van der Waals surface area contributed by atoms with Crippen LogP contribution < -0.4 is 0 Å². The number of benzene rings is 1. The number of likely N-dealkylation sites (tertiary alicyclic amines) is 1. The molecule has 0 aliphatic carbocycles. The summed E-state index contributed by atoms with van der Waals surface area (Å²) in [5.41, 5.74) is 1.06. The second-order valence-electron chi connectivity index (χ2n) is 5.83. The van der Waals surface area contributed by atoms with Gasteiger partial charge in [0.15, 0.2) is 0 Å². The largest absolute Gasteiger partial charge is 0.325 e. The summed E-state index contributed by atoms with van der Waals surface area (Å²) in [6.45, 7) is 4.07. The van der Waals surface area contributed by atoms with E-state index < -0.39 is 0 Å². The zero-order valence-corrected chi connectivity index (χ0v) is 16.0. The van der Waals surface area contributed by atoms with Crippen molar-refractivity contribution in [1.29, 1.82) is 0 Å². The number of hydrogen-bond donors (Lipinski definition) is 0. The average molecular weight is 396 g/mol. The third-order valence-electron chi connectivity index (χ3n) is 4.30. The zero-order valence-electron chi connectivity index (χ0n) is 12.8. The minimum atomic E-state index is 0. The van der Waals surface area contributed by atoms with E-state index in [1.807, 2.05) is 23.1 Å². The van der Waals surface area contributed by atoms with Gasteiger partial charge >= 0.3 is 0 Å². The molecule has 0 radical (unpaired) electrons. The lowest BCUT2D eigenvalue weighted by atomic mass is 10.1. The van der Waals surface area contributed by atoms with E-state index in [0.717, 1.165) is 31.7 Å². The Balaban J connectivity index is 0.00000192. The van der Waals surface area contributed by atoms with Crippen LogP contribution in [-0.2, 0) is 4.79 Å². The lowest BCUT2D eigenvalue weighted by Crippen LogP contribution is -2.39. The molecule has 1 aromatic rings. The van der Waals surface area contributed by atoms with Crippen LogP contribution in [0.2, 0.25) is 10.0 Å². The summed E-state index contributed by atoms with van der Waals surface area (Å²) < 4.78 is 0. The van der Waals surface area contributed by atoms with Gasteiger partial charge in [0, 0.05) is 13.1 Å². The van der Waals surface area contributed by atoms with Gasteiger partial charge in [0.05, 0.1) is 15.8 Å². The summed E-state index contributed by atoms with van der Waals surface area (Å²) in [5.74, 6) is 0.767. The van der Waals surface area contributed by atoms with Crippen molar-refractivity contribution >= 4 is 53.3 Å². The smallest absolute Gasteiger partial charge is 0.233 e. The van der Waals surface area contributed by atoms with Crippen LogP contribution in [0, 0.1) is 0 Å². The van der Waals surface area contributed by atoms with Gasteiger partial charge in [-0.15, -0.1) is 24.2 Å². The summed E-state index contributed by atoms with van der Waals surface area (Å²) in [5, 5.41) is 1.17. The molecule has 7 heteroatoms. The molecule has 1 amide bonds. The number of amides is 1. The average Bonchev–Trinajstić information content (AvgIpc) is 2.90. The molecule has 0 saturated carbocycles. The van der Waals surface area contributed by atoms with Crippen molar-refractivity contribution in [2.75, 3.05) is 31.9 Å². The Morgan fingerprint density at radius 1 is 1.09 bits per heavy atom. The first kappa shape index (κ1) is 19.2. The minimum Gasteiger partial charge on any atom is -0.325 e. The summed E-state index contributed by atoms with van der Waals surface area (Å²) in [4.78, 5) is 16.7. The number of hydrogen-bond acceptors (Lipinski definition) is 3. The highest BCUT2D eigenvalue weighted by Gasteiger charge is 2.33. The second kappa shape index (κ2) is 8.82. The molecule has 0 bridgehead atoms. The molecule has 2 heterocycles. The van der Waals surface area contributed by atoms with Crippen LogP contribution >= 0.6 is 47.4 Å². The monoisotopic (exact) mass is 394 g/mol. The number of nitrogens with zero attached hydrogens (tertiary/aromatic N) is 2. The molecule has 2 aliphatic rings. The fourth-order valence-corrected chi connectivity index (χ4v) is 4.58. The van der Waals surface area contributed by atoms with Crippen LogP contribution in [0.15, 0.2) is 18.2 Å². The predicted octanol–water partition coefficient (Wildman–Crippen LogP) is 4.48. The van der Waals surface area contributed by atoms with Crippen molar-refractivity contribution in [1.82, 2.24) is 9.80 Å². The van der Waals surface area contributed by atoms with Gasteiger partial charge in [-0.05, 0) is 43.6 Å². The number of halogens is 3. The Labute approximate surface area is 158 Å². The molecule has 23 heavy (non-hydrogen) atoms. The van der Waals surface area contributed by atoms with Gasteiger partial charge in [0.1, 0.15) is 5.37 Å². The van der Waals surface area contributed by atoms with Gasteiger partial charge in [-0.2, -0.15) is 0 Å². The van der Waals surface area contributed by atoms with Gasteiger partial charge in [-0.1, -0.05) is 35.7 Å². The Morgan fingerprint density at radius 3 is 2.52 bits per heavy atom. The quantitative estimate of drug-likeness (QED) is 0.751. The van der Waals surface area contributed by atoms with Crippen LogP contribution in [0.3, 0.4) is 0 Å². The fraction of sp³-hybridized carbons (Fsp3) is 0.562. The number of thioether (sulfide) groups is 1. The van der Waals surface area contributed by atoms with E-state index in [-0.39, 0.29) is 23.7 Å². The highest BCUT2D eigenvalue weighted by Crippen LogP contribution is 2.40. The standard InChI is InChI=1S/C16H20Cl2N2OS.ClH/c17-13-5-4-12(10-14(13)18)16-20(15(21)11-22-16)9-8-19-6-2-1-3-7-19;/h4-5,10,16H,1-3,6-9,11H2;1H. The molecular formula is C16H21Cl3N2OS. The molecule has 2 saturated heterocycles. The van der Waals surface area contributed by atoms with E-state index in [2.05, 4.69) is 4.90 Å². The highest BCUT2D eigenvalue weighted by atomic mass is 35.5. The Morgan fingerprint density at radius 2 is 1.83 bits per heavy atom. The lowest BCUT2D eigenvalue weighted by Gasteiger charge is -2.30. The predicted molar refractivity (Wildman–Crippen MR) is 101 cm³/mol. The van der Waals surface area contributed by atoms with Gasteiger partial charge in [0.2, 0.25) is 5.91 Å². The number of rotatable bonds is 4. The molecule has 1 atom stereocenters. The Kier molecular flexibility index (Phi) is 7.36. The van der Waals surface area contributed by atoms with E-state index in [4.69, 9.17) is 23.2 Å². The zero-order chi connectivity index (χ0) is 15.5. The highest BCUT2D eigenvalue weighted by molar-refractivity contribution is 8.00. The first-order valence-electron chi connectivity index (χ1n) is 7.73. The normalized spacial score (nSPS) is 22.3. The van der Waals surface area contributed by atoms with E-state index in [1.54, 1.807) is 11.8 Å². The summed E-state index contributed by atoms with van der Waals surface area (Å²) in [6.07, 6.45) is 3.89. The molecule has 2 fully saturated rings. The van der Waals surface area contributed by atoms with Crippen molar-refractivity contribution in [2.24, 2.45) is 0 Å². The molecule has 0 aromatic heterocycles. The molecule has 1 unspecified atom stereocenters. The maximum atomic E-state index is 12.2. The Hall–Kier alpha value is -0.130. The molecule has 3 nitrogen and oxygen atoms in total. The molecule has 0 N–H and O–H groups in total. The van der Waals surface area contributed by atoms with E-state index in [9.17, 15) is 4.79 Å². The van der Waals surface area contributed by atoms with Gasteiger partial charge in [-0.25, -0.2) is 0 Å². The molecule has 0 spiro atoms. The van der Waals surface area contributed by atoms with Gasteiger partial charge in [-0.3, -0.25) is 4.79 Å². The first-order valence-corrected chi connectivity index (χ1v) is 9.54. The fourth-order valence-electron chi connectivity index (χ4n) is 3.07. The third kappa shape index (κ3) is 4.70. The van der Waals surface area contributed by atoms with Crippen LogP contribution in [0.4, 0.5) is 0 Å². The lowest BCUT2D eigenvalue weighted by molar-refractivity contribution is -0.128. The van der Waals surface area contributed by atoms with E-state index in [0.29, 0.717) is 15.8 Å². The third-order valence-corrected chi connectivity index (χ3v) is 6.30. The molecule has 128 valence electrons. The topological polar surface area (TPSA) is 23.6 Å². The maximum absolute atomic E-state index is 12.2. The SMILES string of the molecule is Cl.O=C1CSC(c2ccc(Cl)c(Cl)c2)N1CCN1CCCCC1. The molecule has 3 rings (SSSR count). The van der Waals surface area contributed by atoms with Crippen LogP contribution in [0.5, 0.6) is 0 Å². The number of carbonyl (C=O) groups is 1. The summed E-state index contributed by atoms with van der Waals surface area (Å²) >= 11 is 13.8. The number of carbonyl (C=O) groups excluding carboxylic acids is 1. The van der Waals surface area contributed by atoms with Gasteiger partial charge in [0.25, 0.3) is 0 Å². The summed E-state index contributed by atoms with van der Waals surface area (Å²) in [6, 6.07) is 5.66. The van der Waals surface area contributed by atoms with Crippen molar-refractivity contribution in [3.05, 3.63) is 33.8 Å². The summed E-state index contributed by atoms with van der Waals surface area (Å²) in [7, 11) is 0. The Bertz CT molecular complexity index is 552. The maximum Gasteiger partial charge on any atom is 0.233 e. The van der Waals surface area contributed by atoms with Crippen molar-refractivity contribution < 1.29 is 4.79 Å². The molecular weight excluding hydrogens is 375 g/mol. The van der Waals surface area contributed by atoms with Gasteiger partial charge < -0.3 is 9.80 Å². The number of piperidine rings is 1. The van der Waals surface area contributed by atoms with Crippen molar-refractivity contribution in [3.63, 3.8) is 0 Å². The molecule has 2 aliphatic heterocycles. The minimum absolute atomic E-state index is 0. The van der Waals surface area contributed by atoms with E-state index in [1.165, 1.54) is 19.3 Å². The van der Waals surface area contributed by atoms with Crippen molar-refractivity contribution in [2.45, 2.75) is 24.6 Å². The van der Waals surface area contributed by atoms with Crippen LogP contribution in [-0.4, -0.2) is 47.6 Å². The second-order valence-corrected chi connectivity index (χ2v) is 7.71. The van der Waals surface area contributed by atoms with E-state index >= 15 is 0 Å². The van der Waals surface area contributed by atoms with Crippen molar-refractivity contribution in [3.8, 4) is 0 Å². The molecule has 1 aromatic carbocycles.